The molecule has 0 saturated carbocycles. The second kappa shape index (κ2) is 5.09. The van der Waals surface area contributed by atoms with Gasteiger partial charge >= 0.3 is 0 Å². The third-order valence-corrected chi connectivity index (χ3v) is 3.14. The Morgan fingerprint density at radius 3 is 2.60 bits per heavy atom. The van der Waals surface area contributed by atoms with Gasteiger partial charge < -0.3 is 15.8 Å². The number of aromatic nitrogens is 1. The highest BCUT2D eigenvalue weighted by Crippen LogP contribution is 2.27. The van der Waals surface area contributed by atoms with E-state index in [9.17, 15) is 0 Å². The first kappa shape index (κ1) is 12.3. The molecule has 0 aliphatic carbocycles. The lowest BCUT2D eigenvalue weighted by Crippen LogP contribution is -1.93. The third-order valence-electron chi connectivity index (χ3n) is 3.14. The van der Waals surface area contributed by atoms with E-state index in [0.29, 0.717) is 0 Å². The van der Waals surface area contributed by atoms with Crippen molar-refractivity contribution in [3.63, 3.8) is 0 Å². The summed E-state index contributed by atoms with van der Waals surface area (Å²) in [5.41, 5.74) is 9.32. The number of pyridine rings is 1. The number of methoxy groups -OCH3 is 1. The highest BCUT2D eigenvalue weighted by molar-refractivity contribution is 5.93. The molecule has 20 heavy (non-hydrogen) atoms. The normalized spacial score (nSPS) is 10.4. The second-order valence-corrected chi connectivity index (χ2v) is 4.49. The van der Waals surface area contributed by atoms with E-state index in [-0.39, 0.29) is 0 Å². The van der Waals surface area contributed by atoms with Crippen molar-refractivity contribution in [3.8, 4) is 5.75 Å². The van der Waals surface area contributed by atoms with Crippen molar-refractivity contribution in [2.45, 2.75) is 0 Å². The Labute approximate surface area is 117 Å². The predicted molar refractivity (Wildman–Crippen MR) is 82.4 cm³/mol. The molecule has 4 nitrogen and oxygen atoms in total. The molecule has 1 heterocycles. The summed E-state index contributed by atoms with van der Waals surface area (Å²) in [6.07, 6.45) is 1.78. The Bertz CT molecular complexity index is 738. The Hall–Kier alpha value is -2.75. The van der Waals surface area contributed by atoms with Crippen LogP contribution < -0.4 is 15.8 Å². The van der Waals surface area contributed by atoms with Crippen LogP contribution in [0.4, 0.5) is 17.1 Å². The Morgan fingerprint density at radius 2 is 1.85 bits per heavy atom. The van der Waals surface area contributed by atoms with Crippen LogP contribution in [0.15, 0.2) is 54.7 Å². The molecular formula is C16H15N3O. The van der Waals surface area contributed by atoms with Crippen LogP contribution in [-0.4, -0.2) is 12.1 Å². The molecule has 0 saturated heterocycles. The van der Waals surface area contributed by atoms with Crippen molar-refractivity contribution in [3.05, 3.63) is 54.7 Å². The van der Waals surface area contributed by atoms with Crippen LogP contribution in [0.3, 0.4) is 0 Å². The topological polar surface area (TPSA) is 60.2 Å². The van der Waals surface area contributed by atoms with Crippen LogP contribution in [0, 0.1) is 0 Å². The molecule has 3 rings (SSSR count). The van der Waals surface area contributed by atoms with Gasteiger partial charge in [0.1, 0.15) is 5.75 Å². The van der Waals surface area contributed by atoms with Crippen molar-refractivity contribution < 1.29 is 4.74 Å². The van der Waals surface area contributed by atoms with E-state index < -0.39 is 0 Å². The molecule has 2 aromatic carbocycles. The number of fused-ring (bicyclic) bond motifs is 1. The number of nitrogens with zero attached hydrogens (tertiary/aromatic N) is 1. The molecule has 0 amide bonds. The van der Waals surface area contributed by atoms with Gasteiger partial charge in [0.05, 0.1) is 12.6 Å². The van der Waals surface area contributed by atoms with Crippen molar-refractivity contribution in [1.82, 2.24) is 4.98 Å². The van der Waals surface area contributed by atoms with E-state index in [1.807, 2.05) is 48.5 Å². The van der Waals surface area contributed by atoms with Crippen LogP contribution in [0.1, 0.15) is 0 Å². The van der Waals surface area contributed by atoms with Crippen molar-refractivity contribution in [2.24, 2.45) is 0 Å². The molecule has 0 aliphatic rings. The number of nitrogens with one attached hydrogen (secondary N) is 1. The summed E-state index contributed by atoms with van der Waals surface area (Å²) < 4.78 is 5.22. The fraction of sp³-hybridized carbons (Fsp3) is 0.0625. The van der Waals surface area contributed by atoms with Crippen molar-refractivity contribution in [1.29, 1.82) is 0 Å². The van der Waals surface area contributed by atoms with E-state index in [1.54, 1.807) is 13.3 Å². The van der Waals surface area contributed by atoms with E-state index in [4.69, 9.17) is 10.5 Å². The highest BCUT2D eigenvalue weighted by Gasteiger charge is 2.03. The summed E-state index contributed by atoms with van der Waals surface area (Å²) in [5.74, 6) is 0.801. The van der Waals surface area contributed by atoms with Gasteiger partial charge in [-0.05, 0) is 42.5 Å². The number of anilines is 3. The molecule has 1 aromatic heterocycles. The van der Waals surface area contributed by atoms with E-state index in [1.165, 1.54) is 0 Å². The molecular weight excluding hydrogens is 250 g/mol. The molecule has 0 radical (unpaired) electrons. The molecule has 100 valence electrons. The van der Waals surface area contributed by atoms with E-state index in [2.05, 4.69) is 10.3 Å². The maximum atomic E-state index is 5.69. The number of nitrogens with two attached hydrogens (primary N) is 1. The van der Waals surface area contributed by atoms with Crippen LogP contribution in [0.5, 0.6) is 5.75 Å². The average Bonchev–Trinajstić information content (AvgIpc) is 2.49. The summed E-state index contributed by atoms with van der Waals surface area (Å²) in [4.78, 5) is 4.37. The van der Waals surface area contributed by atoms with Crippen LogP contribution in [0.25, 0.3) is 10.9 Å². The Balaban J connectivity index is 2.01. The van der Waals surface area contributed by atoms with Crippen molar-refractivity contribution in [2.75, 3.05) is 18.2 Å². The minimum absolute atomic E-state index is 0.750. The van der Waals surface area contributed by atoms with E-state index >= 15 is 0 Å². The van der Waals surface area contributed by atoms with Crippen LogP contribution in [0.2, 0.25) is 0 Å². The van der Waals surface area contributed by atoms with Gasteiger partial charge in [0.2, 0.25) is 0 Å². The van der Waals surface area contributed by atoms with Gasteiger partial charge in [-0.25, -0.2) is 0 Å². The number of hydrogen-bond donors (Lipinski definition) is 2. The third kappa shape index (κ3) is 2.36. The van der Waals surface area contributed by atoms with Gasteiger partial charge in [0, 0.05) is 34.7 Å². The fourth-order valence-corrected chi connectivity index (χ4v) is 2.09. The summed E-state index contributed by atoms with van der Waals surface area (Å²) in [7, 11) is 1.65. The lowest BCUT2D eigenvalue weighted by molar-refractivity contribution is 0.415. The first-order valence-electron chi connectivity index (χ1n) is 6.31. The minimum atomic E-state index is 0.750. The second-order valence-electron chi connectivity index (χ2n) is 4.49. The molecule has 0 atom stereocenters. The van der Waals surface area contributed by atoms with Gasteiger partial charge in [0.25, 0.3) is 0 Å². The monoisotopic (exact) mass is 265 g/mol. The van der Waals surface area contributed by atoms with Crippen LogP contribution >= 0.6 is 0 Å². The zero-order valence-electron chi connectivity index (χ0n) is 11.1. The Kier molecular flexibility index (Phi) is 3.13. The largest absolute Gasteiger partial charge is 0.497 e. The molecule has 3 N–H and O–H groups in total. The summed E-state index contributed by atoms with van der Waals surface area (Å²) >= 11 is 0. The van der Waals surface area contributed by atoms with Gasteiger partial charge in [0.15, 0.2) is 0 Å². The van der Waals surface area contributed by atoms with Crippen LogP contribution in [-0.2, 0) is 0 Å². The zero-order valence-corrected chi connectivity index (χ0v) is 11.1. The fourth-order valence-electron chi connectivity index (χ4n) is 2.09. The smallest absolute Gasteiger partial charge is 0.121 e. The number of rotatable bonds is 3. The molecule has 0 bridgehead atoms. The lowest BCUT2D eigenvalue weighted by atomic mass is 10.1. The number of benzene rings is 2. The number of ether oxygens (including phenoxy) is 1. The summed E-state index contributed by atoms with van der Waals surface area (Å²) in [6, 6.07) is 15.4. The molecule has 4 heteroatoms. The minimum Gasteiger partial charge on any atom is -0.497 e. The van der Waals surface area contributed by atoms with Crippen molar-refractivity contribution >= 4 is 28.0 Å². The maximum absolute atomic E-state index is 5.69. The molecule has 0 fully saturated rings. The summed E-state index contributed by atoms with van der Waals surface area (Å²) in [5, 5.41) is 4.42. The SMILES string of the molecule is COc1ccc2c(Nc3ccc(N)cc3)ccnc2c1. The predicted octanol–water partition coefficient (Wildman–Crippen LogP) is 3.57. The quantitative estimate of drug-likeness (QED) is 0.711. The van der Waals surface area contributed by atoms with Gasteiger partial charge in [-0.2, -0.15) is 0 Å². The molecule has 0 unspecified atom stereocenters. The van der Waals surface area contributed by atoms with Gasteiger partial charge in [-0.15, -0.1) is 0 Å². The van der Waals surface area contributed by atoms with Gasteiger partial charge in [-0.1, -0.05) is 0 Å². The van der Waals surface area contributed by atoms with Gasteiger partial charge in [-0.3, -0.25) is 4.98 Å². The molecule has 0 spiro atoms. The average molecular weight is 265 g/mol. The standard InChI is InChI=1S/C16H15N3O/c1-20-13-6-7-14-15(8-9-18-16(14)10-13)19-12-4-2-11(17)3-5-12/h2-10H,17H2,1H3,(H,18,19). The zero-order chi connectivity index (χ0) is 13.9. The lowest BCUT2D eigenvalue weighted by Gasteiger charge is -2.10. The van der Waals surface area contributed by atoms with E-state index in [0.717, 1.165) is 33.7 Å². The maximum Gasteiger partial charge on any atom is 0.121 e. The Morgan fingerprint density at radius 1 is 1.05 bits per heavy atom. The first-order valence-corrected chi connectivity index (χ1v) is 6.31. The molecule has 3 aromatic rings. The number of nitrogen functional groups attached to an aromatic ring is 1. The highest BCUT2D eigenvalue weighted by atomic mass is 16.5. The summed E-state index contributed by atoms with van der Waals surface area (Å²) in [6.45, 7) is 0. The first-order chi connectivity index (χ1) is 9.76. The number of hydrogen-bond acceptors (Lipinski definition) is 4. The molecule has 0 aliphatic heterocycles.